The van der Waals surface area contributed by atoms with Gasteiger partial charge in [-0.25, -0.2) is 0 Å². The van der Waals surface area contributed by atoms with Crippen LogP contribution in [0, 0.1) is 17.0 Å². The molecule has 0 spiro atoms. The fraction of sp³-hybridized carbons (Fsp3) is 0.190. The van der Waals surface area contributed by atoms with Crippen LogP contribution >= 0.6 is 0 Å². The van der Waals surface area contributed by atoms with Crippen molar-refractivity contribution in [2.24, 2.45) is 5.73 Å². The number of primary amides is 1. The quantitative estimate of drug-likeness (QED) is 0.433. The zero-order valence-electron chi connectivity index (χ0n) is 16.2. The molecule has 2 heterocycles. The number of amides is 1. The molecule has 0 aliphatic rings. The molecule has 0 aliphatic heterocycles. The van der Waals surface area contributed by atoms with E-state index in [0.29, 0.717) is 35.5 Å². The third kappa shape index (κ3) is 4.19. The van der Waals surface area contributed by atoms with E-state index in [1.165, 1.54) is 24.3 Å². The molecule has 0 bridgehead atoms. The minimum atomic E-state index is -1.06. The van der Waals surface area contributed by atoms with Crippen molar-refractivity contribution in [3.63, 3.8) is 0 Å². The van der Waals surface area contributed by atoms with Crippen LogP contribution in [-0.2, 0) is 24.2 Å². The van der Waals surface area contributed by atoms with Crippen LogP contribution in [-0.4, -0.2) is 31.5 Å². The van der Waals surface area contributed by atoms with Gasteiger partial charge in [0.05, 0.1) is 16.9 Å². The van der Waals surface area contributed by atoms with E-state index in [1.807, 2.05) is 12.1 Å². The highest BCUT2D eigenvalue weighted by Gasteiger charge is 2.26. The highest BCUT2D eigenvalue weighted by Crippen LogP contribution is 2.34. The summed E-state index contributed by atoms with van der Waals surface area (Å²) >= 11 is 0. The van der Waals surface area contributed by atoms with E-state index >= 15 is 0 Å². The van der Waals surface area contributed by atoms with Crippen molar-refractivity contribution < 1.29 is 19.6 Å². The van der Waals surface area contributed by atoms with Gasteiger partial charge in [0.15, 0.2) is 0 Å². The summed E-state index contributed by atoms with van der Waals surface area (Å²) < 4.78 is 1.76. The molecule has 0 fully saturated rings. The minimum absolute atomic E-state index is 0.106. The van der Waals surface area contributed by atoms with Gasteiger partial charge in [-0.2, -0.15) is 0 Å². The first-order valence-electron chi connectivity index (χ1n) is 9.18. The number of hydrogen-bond acceptors (Lipinski definition) is 5. The molecule has 3 aromatic rings. The summed E-state index contributed by atoms with van der Waals surface area (Å²) in [5, 5.41) is 20.4. The van der Waals surface area contributed by atoms with Crippen molar-refractivity contribution in [3.8, 4) is 11.1 Å². The van der Waals surface area contributed by atoms with Crippen molar-refractivity contribution in [3.05, 3.63) is 81.4 Å². The summed E-state index contributed by atoms with van der Waals surface area (Å²) in [4.78, 5) is 38.5. The van der Waals surface area contributed by atoms with E-state index in [-0.39, 0.29) is 17.7 Å². The average molecular weight is 408 g/mol. The third-order valence-electron chi connectivity index (χ3n) is 4.88. The van der Waals surface area contributed by atoms with E-state index < -0.39 is 16.8 Å². The van der Waals surface area contributed by atoms with Crippen LogP contribution in [0.2, 0.25) is 0 Å². The Hall–Kier alpha value is -4.01. The normalized spacial score (nSPS) is 10.7. The Labute approximate surface area is 171 Å². The van der Waals surface area contributed by atoms with Crippen LogP contribution in [0.15, 0.2) is 48.7 Å². The number of nitro benzene ring substituents is 1. The predicted octanol–water partition coefficient (Wildman–Crippen LogP) is 2.74. The standard InChI is InChI=1S/C21H20N4O5/c1-13-19(21(22)28)20(14-5-7-16(8-6-14)25(29)30)17(12-18(26)27)24(13)11-9-15-4-2-3-10-23-15/h2-8,10H,9,11-12H2,1H3,(H2,22,28)(H,26,27). The Morgan fingerprint density at radius 2 is 1.90 bits per heavy atom. The number of nitro groups is 1. The second-order valence-electron chi connectivity index (χ2n) is 6.74. The summed E-state index contributed by atoms with van der Waals surface area (Å²) in [5.74, 6) is -1.75. The zero-order valence-corrected chi connectivity index (χ0v) is 16.2. The second-order valence-corrected chi connectivity index (χ2v) is 6.74. The number of nitrogens with two attached hydrogens (primary N) is 1. The Morgan fingerprint density at radius 1 is 1.20 bits per heavy atom. The molecular weight excluding hydrogens is 388 g/mol. The summed E-state index contributed by atoms with van der Waals surface area (Å²) in [6.45, 7) is 2.11. The molecule has 0 atom stereocenters. The highest BCUT2D eigenvalue weighted by molar-refractivity contribution is 6.02. The van der Waals surface area contributed by atoms with Crippen LogP contribution in [0.25, 0.3) is 11.1 Å². The van der Waals surface area contributed by atoms with Gasteiger partial charge in [0, 0.05) is 53.9 Å². The van der Waals surface area contributed by atoms with Crippen LogP contribution in [0.4, 0.5) is 5.69 Å². The van der Waals surface area contributed by atoms with Gasteiger partial charge in [0.25, 0.3) is 11.6 Å². The van der Waals surface area contributed by atoms with E-state index in [4.69, 9.17) is 5.73 Å². The first-order chi connectivity index (χ1) is 14.3. The molecule has 3 N–H and O–H groups in total. The van der Waals surface area contributed by atoms with Gasteiger partial charge in [0.1, 0.15) is 0 Å². The largest absolute Gasteiger partial charge is 0.481 e. The lowest BCUT2D eigenvalue weighted by molar-refractivity contribution is -0.384. The number of aliphatic carboxylic acids is 1. The predicted molar refractivity (Wildman–Crippen MR) is 109 cm³/mol. The lowest BCUT2D eigenvalue weighted by atomic mass is 9.98. The first-order valence-corrected chi connectivity index (χ1v) is 9.18. The lowest BCUT2D eigenvalue weighted by Gasteiger charge is -2.12. The fourth-order valence-corrected chi connectivity index (χ4v) is 3.56. The molecular formula is C21H20N4O5. The number of pyridine rings is 1. The topological polar surface area (TPSA) is 141 Å². The number of carboxylic acid groups (broad SMARTS) is 1. The molecule has 0 saturated heterocycles. The monoisotopic (exact) mass is 408 g/mol. The van der Waals surface area contributed by atoms with Crippen molar-refractivity contribution >= 4 is 17.6 Å². The molecule has 1 amide bonds. The molecule has 154 valence electrons. The maximum Gasteiger partial charge on any atom is 0.309 e. The molecule has 30 heavy (non-hydrogen) atoms. The number of benzene rings is 1. The molecule has 3 rings (SSSR count). The maximum absolute atomic E-state index is 12.3. The SMILES string of the molecule is Cc1c(C(N)=O)c(-c2ccc([N+](=O)[O-])cc2)c(CC(=O)O)n1CCc1ccccn1. The van der Waals surface area contributed by atoms with Crippen molar-refractivity contribution in [1.29, 1.82) is 0 Å². The Morgan fingerprint density at radius 3 is 2.43 bits per heavy atom. The molecule has 9 nitrogen and oxygen atoms in total. The van der Waals surface area contributed by atoms with E-state index in [0.717, 1.165) is 5.69 Å². The van der Waals surface area contributed by atoms with Crippen LogP contribution in [0.1, 0.15) is 27.4 Å². The van der Waals surface area contributed by atoms with Gasteiger partial charge < -0.3 is 15.4 Å². The first kappa shape index (κ1) is 20.7. The average Bonchev–Trinajstić information content (AvgIpc) is 2.98. The Bertz CT molecular complexity index is 1100. The van der Waals surface area contributed by atoms with Crippen molar-refractivity contribution in [2.45, 2.75) is 26.3 Å². The molecule has 0 saturated carbocycles. The summed E-state index contributed by atoms with van der Waals surface area (Å²) in [7, 11) is 0. The fourth-order valence-electron chi connectivity index (χ4n) is 3.56. The van der Waals surface area contributed by atoms with Gasteiger partial charge in [-0.15, -0.1) is 0 Å². The van der Waals surface area contributed by atoms with Gasteiger partial charge in [-0.3, -0.25) is 24.7 Å². The third-order valence-corrected chi connectivity index (χ3v) is 4.88. The molecule has 2 aromatic heterocycles. The van der Waals surface area contributed by atoms with E-state index in [2.05, 4.69) is 4.98 Å². The van der Waals surface area contributed by atoms with Gasteiger partial charge in [-0.05, 0) is 36.8 Å². The molecule has 0 aliphatic carbocycles. The number of rotatable bonds is 8. The van der Waals surface area contributed by atoms with E-state index in [1.54, 1.807) is 23.8 Å². The number of aromatic nitrogens is 2. The molecule has 0 radical (unpaired) electrons. The van der Waals surface area contributed by atoms with Crippen LogP contribution < -0.4 is 5.73 Å². The van der Waals surface area contributed by atoms with Crippen molar-refractivity contribution in [2.75, 3.05) is 0 Å². The Balaban J connectivity index is 2.14. The number of non-ortho nitro benzene ring substituents is 1. The van der Waals surface area contributed by atoms with Crippen molar-refractivity contribution in [1.82, 2.24) is 9.55 Å². The Kier molecular flexibility index (Phi) is 5.91. The van der Waals surface area contributed by atoms with E-state index in [9.17, 15) is 24.8 Å². The summed E-state index contributed by atoms with van der Waals surface area (Å²) in [6.07, 6.45) is 1.87. The molecule has 1 aromatic carbocycles. The van der Waals surface area contributed by atoms with Crippen LogP contribution in [0.5, 0.6) is 0 Å². The van der Waals surface area contributed by atoms with Gasteiger partial charge in [-0.1, -0.05) is 6.07 Å². The number of carbonyl (C=O) groups is 2. The summed E-state index contributed by atoms with van der Waals surface area (Å²) in [6, 6.07) is 11.1. The van der Waals surface area contributed by atoms with Crippen LogP contribution in [0.3, 0.4) is 0 Å². The maximum atomic E-state index is 12.3. The smallest absolute Gasteiger partial charge is 0.309 e. The molecule has 9 heteroatoms. The second kappa shape index (κ2) is 8.56. The minimum Gasteiger partial charge on any atom is -0.481 e. The number of carbonyl (C=O) groups excluding carboxylic acids is 1. The number of hydrogen-bond donors (Lipinski definition) is 2. The van der Waals surface area contributed by atoms with Gasteiger partial charge >= 0.3 is 5.97 Å². The highest BCUT2D eigenvalue weighted by atomic mass is 16.6. The number of nitrogens with zero attached hydrogens (tertiary/aromatic N) is 3. The lowest BCUT2D eigenvalue weighted by Crippen LogP contribution is -2.14. The summed E-state index contributed by atoms with van der Waals surface area (Å²) in [5.41, 5.74) is 8.40. The molecule has 0 unspecified atom stereocenters. The number of carboxylic acids is 1. The number of aryl methyl sites for hydroxylation is 1. The van der Waals surface area contributed by atoms with Gasteiger partial charge in [0.2, 0.25) is 0 Å². The zero-order chi connectivity index (χ0) is 21.8.